The van der Waals surface area contributed by atoms with Gasteiger partial charge in [-0.2, -0.15) is 0 Å². The number of fused-ring (bicyclic) bond motifs is 3. The number of aliphatic carboxylic acids is 2. The Bertz CT molecular complexity index is 1890. The summed E-state index contributed by atoms with van der Waals surface area (Å²) in [5.41, 5.74) is 4.11. The number of ether oxygens (including phenoxy) is 1. The van der Waals surface area contributed by atoms with E-state index >= 15 is 0 Å². The zero-order valence-electron chi connectivity index (χ0n) is 28.5. The molecule has 264 valence electrons. The van der Waals surface area contributed by atoms with Gasteiger partial charge in [-0.3, -0.25) is 4.90 Å². The van der Waals surface area contributed by atoms with Gasteiger partial charge in [0.15, 0.2) is 11.5 Å². The number of piperazine rings is 1. The highest BCUT2D eigenvalue weighted by Gasteiger charge is 2.29. The summed E-state index contributed by atoms with van der Waals surface area (Å²) in [5, 5.41) is 26.1. The highest BCUT2D eigenvalue weighted by molar-refractivity contribution is 7.99. The fourth-order valence-electron chi connectivity index (χ4n) is 5.32. The number of rotatable bonds is 7. The predicted molar refractivity (Wildman–Crippen MR) is 198 cm³/mol. The van der Waals surface area contributed by atoms with Crippen LogP contribution in [0.5, 0.6) is 11.5 Å². The Labute approximate surface area is 300 Å². The lowest BCUT2D eigenvalue weighted by Gasteiger charge is -2.38. The molecule has 0 aliphatic carbocycles. The van der Waals surface area contributed by atoms with E-state index < -0.39 is 17.6 Å². The zero-order valence-corrected chi connectivity index (χ0v) is 30.1. The van der Waals surface area contributed by atoms with Crippen LogP contribution < -0.4 is 10.4 Å². The quantitative estimate of drug-likeness (QED) is 0.0788. The number of carbonyl (C=O) groups is 2. The van der Waals surface area contributed by atoms with Crippen molar-refractivity contribution in [1.29, 1.82) is 0 Å². The number of likely N-dealkylation sites (N-methyl/N-ethyl adjacent to an activating group) is 1. The third-order valence-corrected chi connectivity index (χ3v) is 9.90. The van der Waals surface area contributed by atoms with Gasteiger partial charge in [0, 0.05) is 76.6 Å². The first-order valence-electron chi connectivity index (χ1n) is 16.0. The summed E-state index contributed by atoms with van der Waals surface area (Å²) >= 11 is 3.79. The molecule has 50 heavy (non-hydrogen) atoms. The molecule has 12 heteroatoms. The van der Waals surface area contributed by atoms with Gasteiger partial charge in [0.25, 0.3) is 0 Å². The first kappa shape index (κ1) is 38.3. The van der Waals surface area contributed by atoms with Crippen LogP contribution in [0.15, 0.2) is 114 Å². The molecule has 3 aromatic carbocycles. The van der Waals surface area contributed by atoms with Gasteiger partial charge in [-0.1, -0.05) is 35.5 Å². The molecule has 0 saturated carbocycles. The minimum atomic E-state index is -1.26. The van der Waals surface area contributed by atoms with Crippen LogP contribution in [0.3, 0.4) is 0 Å². The second-order valence-corrected chi connectivity index (χ2v) is 13.9. The molecular formula is C38H42N2O8S2. The molecule has 1 unspecified atom stereocenters. The molecule has 0 radical (unpaired) electrons. The molecule has 1 aromatic heterocycles. The lowest BCUT2D eigenvalue weighted by molar-refractivity contribution is -0.134. The SMILES string of the molecule is CC(C)=CCOc1cc2oc(=O)ccc2cc1O.CSc1ccc2c(c1)C(N1CCN(C)CC1)Cc1ccccc1S2.O=C(O)C=CC(=O)O. The highest BCUT2D eigenvalue weighted by Crippen LogP contribution is 2.44. The number of carboxylic acids is 2. The van der Waals surface area contributed by atoms with E-state index in [1.165, 1.54) is 57.1 Å². The van der Waals surface area contributed by atoms with Crippen molar-refractivity contribution >= 4 is 46.4 Å². The molecular weight excluding hydrogens is 677 g/mol. The van der Waals surface area contributed by atoms with E-state index in [0.29, 0.717) is 41.5 Å². The highest BCUT2D eigenvalue weighted by atomic mass is 32.2. The first-order chi connectivity index (χ1) is 23.9. The van der Waals surface area contributed by atoms with E-state index in [0.717, 1.165) is 25.1 Å². The van der Waals surface area contributed by atoms with Crippen molar-refractivity contribution in [2.75, 3.05) is 46.1 Å². The smallest absolute Gasteiger partial charge is 0.336 e. The van der Waals surface area contributed by atoms with Crippen molar-refractivity contribution in [1.82, 2.24) is 9.80 Å². The fourth-order valence-corrected chi connectivity index (χ4v) is 6.88. The van der Waals surface area contributed by atoms with E-state index in [2.05, 4.69) is 65.6 Å². The summed E-state index contributed by atoms with van der Waals surface area (Å²) in [5.74, 6) is -2.19. The van der Waals surface area contributed by atoms with Gasteiger partial charge in [-0.15, -0.1) is 11.8 Å². The first-order valence-corrected chi connectivity index (χ1v) is 18.0. The van der Waals surface area contributed by atoms with Crippen LogP contribution >= 0.6 is 23.5 Å². The molecule has 0 amide bonds. The van der Waals surface area contributed by atoms with E-state index in [-0.39, 0.29) is 5.75 Å². The van der Waals surface area contributed by atoms with Gasteiger partial charge in [-0.05, 0) is 87.2 Å². The van der Waals surface area contributed by atoms with Crippen LogP contribution in [0.25, 0.3) is 11.0 Å². The van der Waals surface area contributed by atoms with Crippen LogP contribution in [0, 0.1) is 0 Å². The molecule has 1 fully saturated rings. The molecule has 2 aliphatic rings. The van der Waals surface area contributed by atoms with E-state index in [9.17, 15) is 19.5 Å². The summed E-state index contributed by atoms with van der Waals surface area (Å²) in [6.07, 6.45) is 6.30. The second-order valence-electron chi connectivity index (χ2n) is 11.9. The summed E-state index contributed by atoms with van der Waals surface area (Å²) < 4.78 is 10.4. The third kappa shape index (κ3) is 11.3. The van der Waals surface area contributed by atoms with Crippen LogP contribution in [-0.4, -0.2) is 83.1 Å². The summed E-state index contributed by atoms with van der Waals surface area (Å²) in [7, 11) is 2.23. The van der Waals surface area contributed by atoms with Gasteiger partial charge in [0.05, 0.1) is 0 Å². The number of allylic oxidation sites excluding steroid dienone is 1. The van der Waals surface area contributed by atoms with Gasteiger partial charge < -0.3 is 29.4 Å². The van der Waals surface area contributed by atoms with Gasteiger partial charge in [-0.25, -0.2) is 14.4 Å². The Hall–Kier alpha value is -4.49. The number of phenols is 1. The number of benzene rings is 3. The maximum atomic E-state index is 11.1. The van der Waals surface area contributed by atoms with Gasteiger partial charge in [0.2, 0.25) is 0 Å². The molecule has 3 heterocycles. The number of hydrogen-bond acceptors (Lipinski definition) is 10. The summed E-state index contributed by atoms with van der Waals surface area (Å²) in [4.78, 5) is 39.6. The molecule has 3 N–H and O–H groups in total. The number of thioether (sulfide) groups is 1. The van der Waals surface area contributed by atoms with Crippen LogP contribution in [-0.2, 0) is 16.0 Å². The van der Waals surface area contributed by atoms with Crippen molar-refractivity contribution in [3.05, 3.63) is 112 Å². The minimum Gasteiger partial charge on any atom is -0.504 e. The van der Waals surface area contributed by atoms with Gasteiger partial charge in [0.1, 0.15) is 12.2 Å². The normalized spacial score (nSPS) is 15.7. The maximum Gasteiger partial charge on any atom is 0.336 e. The molecule has 6 rings (SSSR count). The standard InChI is InChI=1S/C20H24N2S2.C14H14O4.C4H4O4/c1-21-9-11-22(12-10-21)18-13-15-5-3-4-6-19(15)24-20-8-7-16(23-2)14-17(18)20;1-9(2)5-6-17-13-8-12-10(7-11(13)15)3-4-14(16)18-12;5-3(6)1-2-4(7)8/h3-8,14,18H,9-13H2,1-2H3;3-5,7-8,15H,6H2,1-2H3;1-2H,(H,5,6)(H,7,8). The monoisotopic (exact) mass is 718 g/mol. The Kier molecular flexibility index (Phi) is 14.2. The minimum absolute atomic E-state index is 0.0264. The van der Waals surface area contributed by atoms with Crippen LogP contribution in [0.2, 0.25) is 0 Å². The fraction of sp³-hybridized carbons (Fsp3) is 0.289. The average molecular weight is 719 g/mol. The Morgan fingerprint density at radius 2 is 1.66 bits per heavy atom. The summed E-state index contributed by atoms with van der Waals surface area (Å²) in [6, 6.07) is 22.4. The molecule has 10 nitrogen and oxygen atoms in total. The summed E-state index contributed by atoms with van der Waals surface area (Å²) in [6.45, 7) is 8.95. The Morgan fingerprint density at radius 1 is 0.960 bits per heavy atom. The molecule has 1 saturated heterocycles. The second kappa shape index (κ2) is 18.5. The number of nitrogens with zero attached hydrogens (tertiary/aromatic N) is 2. The van der Waals surface area contributed by atoms with Crippen molar-refractivity contribution < 1.29 is 34.1 Å². The van der Waals surface area contributed by atoms with Gasteiger partial charge >= 0.3 is 17.6 Å². The Balaban J connectivity index is 0.000000191. The number of phenolic OH excluding ortho intramolecular Hbond substituents is 1. The van der Waals surface area contributed by atoms with Crippen molar-refractivity contribution in [2.24, 2.45) is 0 Å². The number of carboxylic acid groups (broad SMARTS) is 2. The van der Waals surface area contributed by atoms with E-state index in [4.69, 9.17) is 19.4 Å². The molecule has 4 aromatic rings. The van der Waals surface area contributed by atoms with Crippen LogP contribution in [0.1, 0.15) is 31.0 Å². The molecule has 2 aliphatic heterocycles. The number of hydrogen-bond donors (Lipinski definition) is 3. The predicted octanol–water partition coefficient (Wildman–Crippen LogP) is 6.96. The van der Waals surface area contributed by atoms with E-state index in [1.807, 2.05) is 43.4 Å². The maximum absolute atomic E-state index is 11.1. The molecule has 1 atom stereocenters. The van der Waals surface area contributed by atoms with Crippen molar-refractivity contribution in [2.45, 2.75) is 41.0 Å². The van der Waals surface area contributed by atoms with Crippen LogP contribution in [0.4, 0.5) is 0 Å². The topological polar surface area (TPSA) is 141 Å². The molecule has 0 spiro atoms. The lowest BCUT2D eigenvalue weighted by atomic mass is 9.96. The van der Waals surface area contributed by atoms with Crippen molar-refractivity contribution in [3.63, 3.8) is 0 Å². The Morgan fingerprint density at radius 3 is 2.32 bits per heavy atom. The lowest BCUT2D eigenvalue weighted by Crippen LogP contribution is -2.46. The average Bonchev–Trinajstić information content (AvgIpc) is 3.25. The third-order valence-electron chi connectivity index (χ3n) is 7.96. The zero-order chi connectivity index (χ0) is 36.2. The number of aromatic hydroxyl groups is 1. The molecule has 0 bridgehead atoms. The van der Waals surface area contributed by atoms with Crippen molar-refractivity contribution in [3.8, 4) is 11.5 Å². The largest absolute Gasteiger partial charge is 0.504 e. The van der Waals surface area contributed by atoms with E-state index in [1.54, 1.807) is 6.07 Å².